The number of nitriles is 1. The number of rotatable bonds is 6. The second-order valence-corrected chi connectivity index (χ2v) is 7.89. The van der Waals surface area contributed by atoms with Gasteiger partial charge in [-0.3, -0.25) is 4.79 Å². The van der Waals surface area contributed by atoms with E-state index in [2.05, 4.69) is 10.4 Å². The lowest BCUT2D eigenvalue weighted by Gasteiger charge is -2.11. The Morgan fingerprint density at radius 3 is 2.67 bits per heavy atom. The third-order valence-electron chi connectivity index (χ3n) is 5.94. The molecule has 33 heavy (non-hydrogen) atoms. The highest BCUT2D eigenvalue weighted by atomic mass is 19.2. The molecule has 170 valence electrons. The van der Waals surface area contributed by atoms with Crippen LogP contribution >= 0.6 is 0 Å². The molecular weight excluding hydrogens is 428 g/mol. The minimum atomic E-state index is -1.15. The Hall–Kier alpha value is -3.93. The maximum atomic E-state index is 15.0. The number of hydrogen-bond donors (Lipinski definition) is 2. The molecule has 3 aromatic rings. The Kier molecular flexibility index (Phi) is 6.27. The van der Waals surface area contributed by atoms with Crippen molar-refractivity contribution >= 4 is 11.7 Å². The van der Waals surface area contributed by atoms with Gasteiger partial charge in [-0.15, -0.1) is 0 Å². The lowest BCUT2D eigenvalue weighted by Crippen LogP contribution is -2.24. The van der Waals surface area contributed by atoms with Gasteiger partial charge in [-0.25, -0.2) is 13.5 Å². The average molecular weight is 451 g/mol. The largest absolute Gasteiger partial charge is 0.496 e. The van der Waals surface area contributed by atoms with Gasteiger partial charge in [0, 0.05) is 17.7 Å². The zero-order chi connectivity index (χ0) is 23.5. The number of methoxy groups -OCH3 is 1. The van der Waals surface area contributed by atoms with E-state index in [1.54, 1.807) is 28.9 Å². The average Bonchev–Trinajstić information content (AvgIpc) is 3.47. The summed E-state index contributed by atoms with van der Waals surface area (Å²) >= 11 is 0. The van der Waals surface area contributed by atoms with E-state index < -0.39 is 17.5 Å². The summed E-state index contributed by atoms with van der Waals surface area (Å²) in [7, 11) is 1.44. The zero-order valence-corrected chi connectivity index (χ0v) is 18.1. The number of nitrogens with one attached hydrogen (secondary N) is 1. The summed E-state index contributed by atoms with van der Waals surface area (Å²) in [5.41, 5.74) is 6.25. The van der Waals surface area contributed by atoms with Crippen LogP contribution in [-0.2, 0) is 6.54 Å². The van der Waals surface area contributed by atoms with Gasteiger partial charge in [0.2, 0.25) is 0 Å². The number of halogens is 2. The van der Waals surface area contributed by atoms with E-state index in [0.29, 0.717) is 5.75 Å². The molecule has 0 bridgehead atoms. The molecule has 0 atom stereocenters. The van der Waals surface area contributed by atoms with Crippen LogP contribution in [0.15, 0.2) is 36.4 Å². The van der Waals surface area contributed by atoms with Gasteiger partial charge in [0.05, 0.1) is 18.7 Å². The third kappa shape index (κ3) is 4.12. The number of aromatic nitrogens is 2. The molecule has 7 nitrogen and oxygen atoms in total. The number of nitrogen functional groups attached to an aromatic ring is 1. The summed E-state index contributed by atoms with van der Waals surface area (Å²) in [4.78, 5) is 12.5. The number of ether oxygens (including phenoxy) is 1. The molecular formula is C24H23F2N5O2. The molecule has 1 heterocycles. The van der Waals surface area contributed by atoms with Gasteiger partial charge in [-0.1, -0.05) is 31.0 Å². The highest BCUT2D eigenvalue weighted by molar-refractivity contribution is 5.96. The van der Waals surface area contributed by atoms with Gasteiger partial charge in [0.15, 0.2) is 11.6 Å². The van der Waals surface area contributed by atoms with Crippen molar-refractivity contribution in [3.63, 3.8) is 0 Å². The Labute approximate surface area is 189 Å². The van der Waals surface area contributed by atoms with Gasteiger partial charge in [0.25, 0.3) is 5.91 Å². The molecule has 1 aliphatic carbocycles. The smallest absolute Gasteiger partial charge is 0.255 e. The first kappa shape index (κ1) is 22.3. The van der Waals surface area contributed by atoms with Crippen molar-refractivity contribution in [2.45, 2.75) is 38.3 Å². The van der Waals surface area contributed by atoms with Crippen molar-refractivity contribution in [3.8, 4) is 23.1 Å². The van der Waals surface area contributed by atoms with Crippen LogP contribution in [0, 0.1) is 23.0 Å². The molecule has 4 rings (SSSR count). The van der Waals surface area contributed by atoms with Crippen LogP contribution in [0.3, 0.4) is 0 Å². The summed E-state index contributed by atoms with van der Waals surface area (Å²) in [6.45, 7) is -0.232. The van der Waals surface area contributed by atoms with E-state index in [9.17, 15) is 14.4 Å². The van der Waals surface area contributed by atoms with Crippen molar-refractivity contribution < 1.29 is 18.3 Å². The number of hydrogen-bond acceptors (Lipinski definition) is 5. The first-order valence-electron chi connectivity index (χ1n) is 10.6. The lowest BCUT2D eigenvalue weighted by molar-refractivity contribution is 0.0947. The fourth-order valence-electron chi connectivity index (χ4n) is 4.19. The van der Waals surface area contributed by atoms with E-state index in [-0.39, 0.29) is 46.4 Å². The number of anilines is 1. The van der Waals surface area contributed by atoms with E-state index in [1.165, 1.54) is 19.2 Å². The molecule has 1 aliphatic rings. The van der Waals surface area contributed by atoms with Crippen LogP contribution in [0.2, 0.25) is 0 Å². The molecule has 2 aromatic carbocycles. The summed E-state index contributed by atoms with van der Waals surface area (Å²) in [6.07, 6.45) is 3.80. The highest BCUT2D eigenvalue weighted by Crippen LogP contribution is 2.36. The Bertz CT molecular complexity index is 1240. The number of carbonyl (C=O) groups excluding carboxylic acids is 1. The van der Waals surface area contributed by atoms with Crippen LogP contribution < -0.4 is 15.8 Å². The first-order chi connectivity index (χ1) is 16.0. The monoisotopic (exact) mass is 451 g/mol. The van der Waals surface area contributed by atoms with E-state index in [1.807, 2.05) is 6.07 Å². The van der Waals surface area contributed by atoms with Gasteiger partial charge >= 0.3 is 0 Å². The maximum absolute atomic E-state index is 15.0. The van der Waals surface area contributed by atoms with Gasteiger partial charge in [0.1, 0.15) is 28.9 Å². The van der Waals surface area contributed by atoms with Crippen LogP contribution in [0.25, 0.3) is 11.3 Å². The van der Waals surface area contributed by atoms with Crippen LogP contribution in [0.1, 0.15) is 53.2 Å². The quantitative estimate of drug-likeness (QED) is 0.580. The summed E-state index contributed by atoms with van der Waals surface area (Å²) in [5, 5.41) is 16.5. The Morgan fingerprint density at radius 1 is 1.24 bits per heavy atom. The fraction of sp³-hybridized carbons (Fsp3) is 0.292. The van der Waals surface area contributed by atoms with E-state index in [4.69, 9.17) is 10.5 Å². The van der Waals surface area contributed by atoms with E-state index >= 15 is 4.39 Å². The SMILES string of the molecule is COc1ccccc1C(=O)NCc1ccc(-c2nn(C3CCCC3)c(N)c2C#N)c(F)c1F. The summed E-state index contributed by atoms with van der Waals surface area (Å²) < 4.78 is 36.6. The molecule has 1 aromatic heterocycles. The number of amides is 1. The molecule has 3 N–H and O–H groups in total. The predicted molar refractivity (Wildman–Crippen MR) is 118 cm³/mol. The molecule has 0 unspecified atom stereocenters. The van der Waals surface area contributed by atoms with Gasteiger partial charge < -0.3 is 15.8 Å². The number of nitrogens with two attached hydrogens (primary N) is 1. The normalized spacial score (nSPS) is 13.6. The first-order valence-corrected chi connectivity index (χ1v) is 10.6. The zero-order valence-electron chi connectivity index (χ0n) is 18.1. The summed E-state index contributed by atoms with van der Waals surface area (Å²) in [6, 6.07) is 11.3. The second-order valence-electron chi connectivity index (χ2n) is 7.89. The fourth-order valence-corrected chi connectivity index (χ4v) is 4.19. The Balaban J connectivity index is 1.60. The van der Waals surface area contributed by atoms with Crippen molar-refractivity contribution in [3.05, 3.63) is 64.7 Å². The number of benzene rings is 2. The van der Waals surface area contributed by atoms with Crippen molar-refractivity contribution in [2.75, 3.05) is 12.8 Å². The number of nitrogens with zero attached hydrogens (tertiary/aromatic N) is 3. The summed E-state index contributed by atoms with van der Waals surface area (Å²) in [5.74, 6) is -2.22. The maximum Gasteiger partial charge on any atom is 0.255 e. The molecule has 1 saturated carbocycles. The molecule has 0 spiro atoms. The molecule has 9 heteroatoms. The van der Waals surface area contributed by atoms with Crippen LogP contribution in [0.4, 0.5) is 14.6 Å². The van der Waals surface area contributed by atoms with Crippen molar-refractivity contribution in [1.29, 1.82) is 5.26 Å². The van der Waals surface area contributed by atoms with Crippen LogP contribution in [0.5, 0.6) is 5.75 Å². The predicted octanol–water partition coefficient (Wildman–Crippen LogP) is 4.34. The molecule has 0 aliphatic heterocycles. The minimum Gasteiger partial charge on any atom is -0.496 e. The number of para-hydroxylation sites is 1. The van der Waals surface area contributed by atoms with Gasteiger partial charge in [-0.2, -0.15) is 10.4 Å². The highest BCUT2D eigenvalue weighted by Gasteiger charge is 2.27. The topological polar surface area (TPSA) is 106 Å². The van der Waals surface area contributed by atoms with Gasteiger partial charge in [-0.05, 0) is 31.0 Å². The molecule has 1 fully saturated rings. The van der Waals surface area contributed by atoms with Crippen LogP contribution in [-0.4, -0.2) is 22.8 Å². The minimum absolute atomic E-state index is 0.0166. The van der Waals surface area contributed by atoms with Crippen molar-refractivity contribution in [1.82, 2.24) is 15.1 Å². The van der Waals surface area contributed by atoms with Crippen molar-refractivity contribution in [2.24, 2.45) is 0 Å². The molecule has 1 amide bonds. The second kappa shape index (κ2) is 9.28. The standard InChI is InChI=1S/C24H23F2N5O2/c1-33-19-9-5-4-8-16(19)24(32)29-13-14-10-11-17(21(26)20(14)25)22-18(12-27)23(28)31(30-22)15-6-2-3-7-15/h4-5,8-11,15H,2-3,6-7,13,28H2,1H3,(H,29,32). The molecule has 0 saturated heterocycles. The number of carbonyl (C=O) groups is 1. The Morgan fingerprint density at radius 2 is 1.97 bits per heavy atom. The van der Waals surface area contributed by atoms with E-state index in [0.717, 1.165) is 25.7 Å². The lowest BCUT2D eigenvalue weighted by atomic mass is 10.0. The third-order valence-corrected chi connectivity index (χ3v) is 5.94. The molecule has 0 radical (unpaired) electrons.